The molecule has 0 saturated heterocycles. The molecule has 1 aliphatic rings. The van der Waals surface area contributed by atoms with E-state index in [1.807, 2.05) is 24.3 Å². The van der Waals surface area contributed by atoms with Crippen molar-refractivity contribution in [1.82, 2.24) is 5.32 Å². The van der Waals surface area contributed by atoms with Crippen LogP contribution in [0.1, 0.15) is 36.1 Å². The highest BCUT2D eigenvalue weighted by Crippen LogP contribution is 2.31. The van der Waals surface area contributed by atoms with E-state index in [1.165, 1.54) is 11.1 Å². The van der Waals surface area contributed by atoms with Crippen molar-refractivity contribution in [2.24, 2.45) is 0 Å². The van der Waals surface area contributed by atoms with E-state index in [9.17, 15) is 4.79 Å². The van der Waals surface area contributed by atoms with Gasteiger partial charge in [0.15, 0.2) is 11.5 Å². The summed E-state index contributed by atoms with van der Waals surface area (Å²) in [6.45, 7) is 6.44. The van der Waals surface area contributed by atoms with E-state index in [0.717, 1.165) is 12.0 Å². The first-order valence-corrected chi connectivity index (χ1v) is 8.34. The van der Waals surface area contributed by atoms with Crippen molar-refractivity contribution < 1.29 is 14.3 Å². The molecule has 0 spiro atoms. The maximum atomic E-state index is 12.6. The molecule has 126 valence electrons. The molecule has 3 rings (SSSR count). The molecule has 1 amide bonds. The molecule has 24 heavy (non-hydrogen) atoms. The molecule has 0 saturated carbocycles. The zero-order valence-electron chi connectivity index (χ0n) is 14.3. The smallest absolute Gasteiger partial charge is 0.265 e. The third-order valence-corrected chi connectivity index (χ3v) is 4.33. The number of amides is 1. The molecule has 2 aromatic rings. The van der Waals surface area contributed by atoms with Gasteiger partial charge in [-0.25, -0.2) is 0 Å². The molecule has 1 heterocycles. The molecule has 4 nitrogen and oxygen atoms in total. The second-order valence-electron chi connectivity index (χ2n) is 6.19. The van der Waals surface area contributed by atoms with Gasteiger partial charge in [-0.05, 0) is 43.5 Å². The van der Waals surface area contributed by atoms with Crippen LogP contribution in [-0.2, 0) is 4.79 Å². The third kappa shape index (κ3) is 3.37. The summed E-state index contributed by atoms with van der Waals surface area (Å²) in [6.07, 6.45) is 0.194. The molecule has 0 radical (unpaired) electrons. The first-order chi connectivity index (χ1) is 11.6. The van der Waals surface area contributed by atoms with Gasteiger partial charge < -0.3 is 14.8 Å². The van der Waals surface area contributed by atoms with Crippen LogP contribution in [0.3, 0.4) is 0 Å². The number of rotatable bonds is 4. The molecule has 4 heteroatoms. The van der Waals surface area contributed by atoms with E-state index in [1.54, 1.807) is 0 Å². The number of carbonyl (C=O) groups is 1. The van der Waals surface area contributed by atoms with E-state index in [0.29, 0.717) is 11.5 Å². The summed E-state index contributed by atoms with van der Waals surface area (Å²) >= 11 is 0. The third-order valence-electron chi connectivity index (χ3n) is 4.33. The number of hydrogen-bond acceptors (Lipinski definition) is 3. The predicted molar refractivity (Wildman–Crippen MR) is 93.4 cm³/mol. The molecule has 0 fully saturated rings. The molecule has 2 atom stereocenters. The molecule has 2 unspecified atom stereocenters. The Hall–Kier alpha value is -2.49. The molecular weight excluding hydrogens is 302 g/mol. The van der Waals surface area contributed by atoms with Crippen molar-refractivity contribution in [2.75, 3.05) is 6.61 Å². The minimum atomic E-state index is -0.625. The summed E-state index contributed by atoms with van der Waals surface area (Å²) in [5.41, 5.74) is 3.56. The number of ether oxygens (including phenoxy) is 2. The lowest BCUT2D eigenvalue weighted by Crippen LogP contribution is -2.45. The Labute approximate surface area is 142 Å². The molecular formula is C20H23NO3. The topological polar surface area (TPSA) is 47.6 Å². The van der Waals surface area contributed by atoms with Gasteiger partial charge in [-0.1, -0.05) is 42.8 Å². The molecule has 0 aromatic heterocycles. The minimum Gasteiger partial charge on any atom is -0.485 e. The Morgan fingerprint density at radius 3 is 2.67 bits per heavy atom. The number of para-hydroxylation sites is 2. The Bertz CT molecular complexity index is 741. The van der Waals surface area contributed by atoms with Crippen LogP contribution in [0.15, 0.2) is 42.5 Å². The van der Waals surface area contributed by atoms with Crippen molar-refractivity contribution in [2.45, 2.75) is 39.3 Å². The van der Waals surface area contributed by atoms with Crippen molar-refractivity contribution in [3.05, 3.63) is 59.2 Å². The number of hydrogen-bond donors (Lipinski definition) is 1. The fourth-order valence-electron chi connectivity index (χ4n) is 3.03. The standard InChI is InChI=1S/C20H23NO3/c1-4-16(15-10-9-13(2)11-14(15)3)21-20(22)19-12-23-17-7-5-6-8-18(17)24-19/h5-11,16,19H,4,12H2,1-3H3,(H,21,22). The molecule has 2 aromatic carbocycles. The highest BCUT2D eigenvalue weighted by molar-refractivity contribution is 5.82. The van der Waals surface area contributed by atoms with E-state index < -0.39 is 6.10 Å². The first-order valence-electron chi connectivity index (χ1n) is 8.34. The lowest BCUT2D eigenvalue weighted by atomic mass is 9.97. The minimum absolute atomic E-state index is 0.0288. The normalized spacial score (nSPS) is 17.2. The number of carbonyl (C=O) groups excluding carboxylic acids is 1. The lowest BCUT2D eigenvalue weighted by Gasteiger charge is -2.28. The van der Waals surface area contributed by atoms with Gasteiger partial charge in [0.2, 0.25) is 6.10 Å². The average Bonchev–Trinajstić information content (AvgIpc) is 2.59. The summed E-state index contributed by atoms with van der Waals surface area (Å²) in [6, 6.07) is 13.7. The van der Waals surface area contributed by atoms with Crippen LogP contribution < -0.4 is 14.8 Å². The van der Waals surface area contributed by atoms with E-state index in [-0.39, 0.29) is 18.6 Å². The van der Waals surface area contributed by atoms with E-state index in [4.69, 9.17) is 9.47 Å². The van der Waals surface area contributed by atoms with Gasteiger partial charge in [0.1, 0.15) is 6.61 Å². The summed E-state index contributed by atoms with van der Waals surface area (Å²) in [5.74, 6) is 1.16. The molecule has 0 aliphatic carbocycles. The average molecular weight is 325 g/mol. The second kappa shape index (κ2) is 6.95. The van der Waals surface area contributed by atoms with Crippen LogP contribution in [0.25, 0.3) is 0 Å². The monoisotopic (exact) mass is 325 g/mol. The van der Waals surface area contributed by atoms with Gasteiger partial charge in [0.05, 0.1) is 6.04 Å². The maximum absolute atomic E-state index is 12.6. The van der Waals surface area contributed by atoms with Gasteiger partial charge in [0.25, 0.3) is 5.91 Å². The van der Waals surface area contributed by atoms with Crippen molar-refractivity contribution in [1.29, 1.82) is 0 Å². The van der Waals surface area contributed by atoms with Gasteiger partial charge >= 0.3 is 0 Å². The van der Waals surface area contributed by atoms with E-state index >= 15 is 0 Å². The van der Waals surface area contributed by atoms with Crippen LogP contribution in [-0.4, -0.2) is 18.6 Å². The van der Waals surface area contributed by atoms with Crippen LogP contribution >= 0.6 is 0 Å². The fraction of sp³-hybridized carbons (Fsp3) is 0.350. The zero-order valence-corrected chi connectivity index (χ0v) is 14.3. The number of nitrogens with one attached hydrogen (secondary N) is 1. The van der Waals surface area contributed by atoms with Gasteiger partial charge in [-0.3, -0.25) is 4.79 Å². The summed E-state index contributed by atoms with van der Waals surface area (Å²) in [5, 5.41) is 3.10. The van der Waals surface area contributed by atoms with Crippen LogP contribution in [0.4, 0.5) is 0 Å². The Kier molecular flexibility index (Phi) is 4.74. The largest absolute Gasteiger partial charge is 0.485 e. The summed E-state index contributed by atoms with van der Waals surface area (Å²) in [4.78, 5) is 12.6. The Morgan fingerprint density at radius 2 is 1.96 bits per heavy atom. The van der Waals surface area contributed by atoms with Gasteiger partial charge in [0, 0.05) is 0 Å². The molecule has 1 aliphatic heterocycles. The molecule has 0 bridgehead atoms. The van der Waals surface area contributed by atoms with E-state index in [2.05, 4.69) is 44.3 Å². The summed E-state index contributed by atoms with van der Waals surface area (Å²) < 4.78 is 11.4. The van der Waals surface area contributed by atoms with Gasteiger partial charge in [-0.15, -0.1) is 0 Å². The maximum Gasteiger partial charge on any atom is 0.265 e. The number of fused-ring (bicyclic) bond motifs is 1. The Morgan fingerprint density at radius 1 is 1.21 bits per heavy atom. The van der Waals surface area contributed by atoms with Crippen molar-refractivity contribution >= 4 is 5.91 Å². The zero-order chi connectivity index (χ0) is 17.1. The van der Waals surface area contributed by atoms with Crippen LogP contribution in [0, 0.1) is 13.8 Å². The highest BCUT2D eigenvalue weighted by Gasteiger charge is 2.29. The lowest BCUT2D eigenvalue weighted by molar-refractivity contribution is -0.131. The van der Waals surface area contributed by atoms with Crippen LogP contribution in [0.2, 0.25) is 0 Å². The Balaban J connectivity index is 1.71. The summed E-state index contributed by atoms with van der Waals surface area (Å²) in [7, 11) is 0. The van der Waals surface area contributed by atoms with Gasteiger partial charge in [-0.2, -0.15) is 0 Å². The highest BCUT2D eigenvalue weighted by atomic mass is 16.6. The first kappa shape index (κ1) is 16.4. The predicted octanol–water partition coefficient (Wildman–Crippen LogP) is 3.71. The molecule has 1 N–H and O–H groups in total. The van der Waals surface area contributed by atoms with Crippen molar-refractivity contribution in [3.8, 4) is 11.5 Å². The second-order valence-corrected chi connectivity index (χ2v) is 6.19. The van der Waals surface area contributed by atoms with Crippen LogP contribution in [0.5, 0.6) is 11.5 Å². The number of benzene rings is 2. The fourth-order valence-corrected chi connectivity index (χ4v) is 3.03. The van der Waals surface area contributed by atoms with Crippen molar-refractivity contribution in [3.63, 3.8) is 0 Å². The quantitative estimate of drug-likeness (QED) is 0.932. The SMILES string of the molecule is CCC(NC(=O)C1COc2ccccc2O1)c1ccc(C)cc1C. The number of aryl methyl sites for hydroxylation is 2.